The van der Waals surface area contributed by atoms with E-state index >= 15 is 0 Å². The molecule has 0 bridgehead atoms. The van der Waals surface area contributed by atoms with Crippen molar-refractivity contribution >= 4 is 40.5 Å². The number of aliphatic hydroxyl groups excluding tert-OH is 1. The number of hydrogen-bond acceptors (Lipinski definition) is 5. The third kappa shape index (κ3) is 4.90. The minimum Gasteiger partial charge on any atom is -0.389 e. The molecule has 1 aromatic carbocycles. The first kappa shape index (κ1) is 19.5. The number of aliphatic hydroxyl groups is 1. The van der Waals surface area contributed by atoms with Gasteiger partial charge in [0.25, 0.3) is 5.56 Å². The highest BCUT2D eigenvalue weighted by atomic mass is 35.5. The number of ether oxygens (including phenoxy) is 1. The van der Waals surface area contributed by atoms with Crippen LogP contribution >= 0.6 is 34.8 Å². The normalized spacial score (nSPS) is 15.1. The van der Waals surface area contributed by atoms with Crippen molar-refractivity contribution in [3.8, 4) is 5.69 Å². The van der Waals surface area contributed by atoms with Crippen LogP contribution in [0.2, 0.25) is 15.1 Å². The van der Waals surface area contributed by atoms with E-state index in [2.05, 4.69) is 10.4 Å². The van der Waals surface area contributed by atoms with Gasteiger partial charge in [-0.2, -0.15) is 9.78 Å². The van der Waals surface area contributed by atoms with E-state index in [-0.39, 0.29) is 16.7 Å². The molecule has 1 heterocycles. The van der Waals surface area contributed by atoms with E-state index in [0.29, 0.717) is 35.5 Å². The Labute approximate surface area is 165 Å². The Morgan fingerprint density at radius 3 is 2.77 bits per heavy atom. The number of nitrogens with one attached hydrogen (secondary N) is 1. The van der Waals surface area contributed by atoms with Gasteiger partial charge < -0.3 is 15.2 Å². The highest BCUT2D eigenvalue weighted by molar-refractivity contribution is 6.41. The van der Waals surface area contributed by atoms with E-state index in [1.54, 1.807) is 18.2 Å². The molecule has 9 heteroatoms. The molecule has 1 fully saturated rings. The van der Waals surface area contributed by atoms with Crippen molar-refractivity contribution in [3.05, 3.63) is 49.8 Å². The standard InChI is InChI=1S/C17H18Cl3N3O3/c18-13-5-11(23-17(25)16(20)14(19)7-22-23)3-4-15(13)21-6-12(24)9-26-8-10-1-2-10/h3-5,7,10,12,21,24H,1-2,6,8-9H2. The first-order valence-electron chi connectivity index (χ1n) is 8.18. The molecule has 140 valence electrons. The van der Waals surface area contributed by atoms with Crippen LogP contribution in [-0.2, 0) is 4.74 Å². The fraction of sp³-hybridized carbons (Fsp3) is 0.412. The van der Waals surface area contributed by atoms with Gasteiger partial charge in [0.2, 0.25) is 0 Å². The summed E-state index contributed by atoms with van der Waals surface area (Å²) in [4.78, 5) is 12.1. The number of halogens is 3. The van der Waals surface area contributed by atoms with E-state index in [1.165, 1.54) is 19.0 Å². The number of anilines is 1. The molecule has 1 unspecified atom stereocenters. The molecule has 1 atom stereocenters. The third-order valence-electron chi connectivity index (χ3n) is 3.96. The summed E-state index contributed by atoms with van der Waals surface area (Å²) in [7, 11) is 0. The maximum atomic E-state index is 12.1. The van der Waals surface area contributed by atoms with Crippen molar-refractivity contribution in [2.75, 3.05) is 25.1 Å². The van der Waals surface area contributed by atoms with Gasteiger partial charge in [-0.1, -0.05) is 34.8 Å². The first-order chi connectivity index (χ1) is 12.5. The van der Waals surface area contributed by atoms with E-state index in [4.69, 9.17) is 39.5 Å². The summed E-state index contributed by atoms with van der Waals surface area (Å²) in [6, 6.07) is 4.95. The van der Waals surface area contributed by atoms with Crippen LogP contribution in [0, 0.1) is 5.92 Å². The van der Waals surface area contributed by atoms with Gasteiger partial charge in [0, 0.05) is 13.2 Å². The minimum absolute atomic E-state index is 0.0928. The molecule has 1 saturated carbocycles. The zero-order chi connectivity index (χ0) is 18.7. The van der Waals surface area contributed by atoms with Crippen LogP contribution in [0.1, 0.15) is 12.8 Å². The molecule has 0 spiro atoms. The maximum Gasteiger partial charge on any atom is 0.291 e. The Kier molecular flexibility index (Phi) is 6.42. The van der Waals surface area contributed by atoms with Crippen LogP contribution in [0.3, 0.4) is 0 Å². The summed E-state index contributed by atoms with van der Waals surface area (Å²) in [5.41, 5.74) is 0.557. The summed E-state index contributed by atoms with van der Waals surface area (Å²) in [5, 5.41) is 17.3. The molecule has 2 N–H and O–H groups in total. The molecule has 0 saturated heterocycles. The van der Waals surface area contributed by atoms with Gasteiger partial charge in [0.1, 0.15) is 5.02 Å². The fourth-order valence-electron chi connectivity index (χ4n) is 2.32. The second-order valence-corrected chi connectivity index (χ2v) is 7.40. The zero-order valence-electron chi connectivity index (χ0n) is 13.8. The van der Waals surface area contributed by atoms with E-state index in [0.717, 1.165) is 4.68 Å². The second kappa shape index (κ2) is 8.59. The van der Waals surface area contributed by atoms with Gasteiger partial charge in [-0.3, -0.25) is 4.79 Å². The van der Waals surface area contributed by atoms with Gasteiger partial charge in [-0.05, 0) is 37.0 Å². The van der Waals surface area contributed by atoms with Crippen LogP contribution in [0.15, 0.2) is 29.2 Å². The lowest BCUT2D eigenvalue weighted by molar-refractivity contribution is 0.0386. The van der Waals surface area contributed by atoms with Gasteiger partial charge in [0.05, 0.1) is 40.3 Å². The number of hydrogen-bond donors (Lipinski definition) is 2. The van der Waals surface area contributed by atoms with E-state index < -0.39 is 11.7 Å². The molecule has 26 heavy (non-hydrogen) atoms. The van der Waals surface area contributed by atoms with Crippen molar-refractivity contribution in [2.24, 2.45) is 5.92 Å². The van der Waals surface area contributed by atoms with Crippen molar-refractivity contribution in [1.29, 1.82) is 0 Å². The van der Waals surface area contributed by atoms with Crippen LogP contribution in [0.5, 0.6) is 0 Å². The zero-order valence-corrected chi connectivity index (χ0v) is 16.1. The lowest BCUT2D eigenvalue weighted by atomic mass is 10.2. The molecule has 0 aliphatic heterocycles. The summed E-state index contributed by atoms with van der Waals surface area (Å²) in [5.74, 6) is 0.663. The highest BCUT2D eigenvalue weighted by Crippen LogP contribution is 2.29. The topological polar surface area (TPSA) is 76.4 Å². The predicted octanol–water partition coefficient (Wildman–Crippen LogP) is 3.39. The van der Waals surface area contributed by atoms with Crippen LogP contribution in [0.4, 0.5) is 5.69 Å². The molecular formula is C17H18Cl3N3O3. The lowest BCUT2D eigenvalue weighted by Gasteiger charge is -2.15. The average Bonchev–Trinajstić information content (AvgIpc) is 3.43. The van der Waals surface area contributed by atoms with Crippen LogP contribution in [-0.4, -0.2) is 40.7 Å². The summed E-state index contributed by atoms with van der Waals surface area (Å²) in [6.07, 6.45) is 3.09. The van der Waals surface area contributed by atoms with Crippen molar-refractivity contribution in [3.63, 3.8) is 0 Å². The summed E-state index contributed by atoms with van der Waals surface area (Å²) < 4.78 is 6.57. The Morgan fingerprint density at radius 1 is 1.31 bits per heavy atom. The van der Waals surface area contributed by atoms with Gasteiger partial charge in [-0.15, -0.1) is 0 Å². The number of benzene rings is 1. The van der Waals surface area contributed by atoms with Crippen LogP contribution in [0.25, 0.3) is 5.69 Å². The molecule has 6 nitrogen and oxygen atoms in total. The number of rotatable bonds is 8. The van der Waals surface area contributed by atoms with Crippen molar-refractivity contribution in [2.45, 2.75) is 18.9 Å². The van der Waals surface area contributed by atoms with E-state index in [1.807, 2.05) is 0 Å². The molecule has 1 aliphatic carbocycles. The van der Waals surface area contributed by atoms with Gasteiger partial charge in [0.15, 0.2) is 0 Å². The molecule has 1 aromatic heterocycles. The third-order valence-corrected chi connectivity index (χ3v) is 5.02. The number of nitrogens with zero attached hydrogens (tertiary/aromatic N) is 2. The first-order valence-corrected chi connectivity index (χ1v) is 9.32. The van der Waals surface area contributed by atoms with Crippen LogP contribution < -0.4 is 10.9 Å². The Morgan fingerprint density at radius 2 is 2.08 bits per heavy atom. The SMILES string of the molecule is O=c1c(Cl)c(Cl)cnn1-c1ccc(NCC(O)COCC2CC2)c(Cl)c1. The monoisotopic (exact) mass is 417 g/mol. The molecule has 1 aliphatic rings. The second-order valence-electron chi connectivity index (χ2n) is 6.20. The minimum atomic E-state index is -0.635. The molecular weight excluding hydrogens is 401 g/mol. The Balaban J connectivity index is 1.62. The molecule has 0 amide bonds. The summed E-state index contributed by atoms with van der Waals surface area (Å²) in [6.45, 7) is 1.29. The number of aromatic nitrogens is 2. The average molecular weight is 419 g/mol. The highest BCUT2D eigenvalue weighted by Gasteiger charge is 2.21. The smallest absolute Gasteiger partial charge is 0.291 e. The predicted molar refractivity (Wildman–Crippen MR) is 103 cm³/mol. The Hall–Kier alpha value is -1.31. The van der Waals surface area contributed by atoms with Crippen molar-refractivity contribution in [1.82, 2.24) is 9.78 Å². The van der Waals surface area contributed by atoms with Gasteiger partial charge >= 0.3 is 0 Å². The van der Waals surface area contributed by atoms with Crippen molar-refractivity contribution < 1.29 is 9.84 Å². The lowest BCUT2D eigenvalue weighted by Crippen LogP contribution is -2.25. The van der Waals surface area contributed by atoms with Gasteiger partial charge in [-0.25, -0.2) is 0 Å². The molecule has 2 aromatic rings. The molecule has 3 rings (SSSR count). The summed E-state index contributed by atoms with van der Waals surface area (Å²) >= 11 is 17.9. The quantitative estimate of drug-likeness (QED) is 0.687. The maximum absolute atomic E-state index is 12.1. The van der Waals surface area contributed by atoms with E-state index in [9.17, 15) is 9.90 Å². The fourth-order valence-corrected chi connectivity index (χ4v) is 2.81. The Bertz CT molecular complexity index is 840. The molecule has 0 radical (unpaired) electrons. The largest absolute Gasteiger partial charge is 0.389 e.